The van der Waals surface area contributed by atoms with Crippen molar-refractivity contribution in [3.05, 3.63) is 48.0 Å². The number of nitrogens with one attached hydrogen (secondary N) is 1. The third-order valence-electron chi connectivity index (χ3n) is 6.75. The minimum Gasteiger partial charge on any atom is -0.470 e. The lowest BCUT2D eigenvalue weighted by molar-refractivity contribution is -0.127. The molecule has 0 radical (unpaired) electrons. The molecule has 3 heterocycles. The fourth-order valence-corrected chi connectivity index (χ4v) is 4.92. The van der Waals surface area contributed by atoms with Gasteiger partial charge in [-0.2, -0.15) is 0 Å². The van der Waals surface area contributed by atoms with E-state index in [0.29, 0.717) is 24.4 Å². The zero-order chi connectivity index (χ0) is 23.4. The van der Waals surface area contributed by atoms with Gasteiger partial charge in [0.05, 0.1) is 5.69 Å². The minimum absolute atomic E-state index is 0.170. The summed E-state index contributed by atoms with van der Waals surface area (Å²) in [5.74, 6) is 0.499. The summed E-state index contributed by atoms with van der Waals surface area (Å²) in [5, 5.41) is 7.63. The number of carbonyl (C=O) groups is 1. The van der Waals surface area contributed by atoms with E-state index in [1.807, 2.05) is 24.3 Å². The highest BCUT2D eigenvalue weighted by molar-refractivity contribution is 6.00. The standard InChI is InChI=1S/C25H34N6O2/c1-17-9-8-10-18(2)30(17)15-6-3-7-16-31-20-11-4-5-12-21(20)33-22(25(31)32)24-28-14-13-19(29-24)23(26)27/h4-5,11-14,17-18,22H,3,6-10,15-16H2,1-2H3,(H3,26,27)/t17-,18+,22?. The number of para-hydroxylation sites is 2. The molecule has 8 nitrogen and oxygen atoms in total. The number of benzene rings is 1. The van der Waals surface area contributed by atoms with E-state index in [9.17, 15) is 4.79 Å². The molecular weight excluding hydrogens is 416 g/mol. The van der Waals surface area contributed by atoms with Crippen LogP contribution in [0.15, 0.2) is 36.5 Å². The number of unbranched alkanes of at least 4 members (excludes halogenated alkanes) is 2. The number of rotatable bonds is 8. The van der Waals surface area contributed by atoms with Crippen LogP contribution in [0.3, 0.4) is 0 Å². The number of nitrogen functional groups attached to an aromatic ring is 1. The summed E-state index contributed by atoms with van der Waals surface area (Å²) >= 11 is 0. The van der Waals surface area contributed by atoms with Gasteiger partial charge < -0.3 is 15.4 Å². The van der Waals surface area contributed by atoms with Crippen LogP contribution in [0.5, 0.6) is 5.75 Å². The van der Waals surface area contributed by atoms with E-state index in [0.717, 1.165) is 31.5 Å². The number of hydrogen-bond acceptors (Lipinski definition) is 6. The van der Waals surface area contributed by atoms with Crippen LogP contribution in [0.4, 0.5) is 5.69 Å². The Balaban J connectivity index is 1.42. The normalized spacial score (nSPS) is 23.2. The molecule has 0 bridgehead atoms. The van der Waals surface area contributed by atoms with Gasteiger partial charge in [-0.1, -0.05) is 25.0 Å². The number of carbonyl (C=O) groups excluding carboxylic acids is 1. The second-order valence-electron chi connectivity index (χ2n) is 9.10. The van der Waals surface area contributed by atoms with Crippen molar-refractivity contribution in [1.82, 2.24) is 14.9 Å². The summed E-state index contributed by atoms with van der Waals surface area (Å²) in [6.45, 7) is 6.40. The van der Waals surface area contributed by atoms with E-state index < -0.39 is 6.10 Å². The minimum atomic E-state index is -0.950. The van der Waals surface area contributed by atoms with Crippen molar-refractivity contribution in [3.8, 4) is 5.75 Å². The maximum Gasteiger partial charge on any atom is 0.276 e. The number of amidine groups is 1. The quantitative estimate of drug-likeness (QED) is 0.361. The maximum atomic E-state index is 13.4. The van der Waals surface area contributed by atoms with Crippen molar-refractivity contribution in [2.45, 2.75) is 70.6 Å². The monoisotopic (exact) mass is 450 g/mol. The first-order chi connectivity index (χ1) is 16.0. The predicted octanol–water partition coefficient (Wildman–Crippen LogP) is 3.66. The van der Waals surface area contributed by atoms with E-state index in [1.54, 1.807) is 11.0 Å². The van der Waals surface area contributed by atoms with Crippen molar-refractivity contribution in [2.24, 2.45) is 5.73 Å². The lowest BCUT2D eigenvalue weighted by atomic mass is 9.97. The van der Waals surface area contributed by atoms with E-state index in [2.05, 4.69) is 28.7 Å². The molecule has 4 rings (SSSR count). The molecule has 1 unspecified atom stereocenters. The van der Waals surface area contributed by atoms with Gasteiger partial charge in [-0.05, 0) is 64.3 Å². The maximum absolute atomic E-state index is 13.4. The number of likely N-dealkylation sites (tertiary alicyclic amines) is 1. The Labute approximate surface area is 195 Å². The molecule has 1 aromatic carbocycles. The van der Waals surface area contributed by atoms with Crippen LogP contribution >= 0.6 is 0 Å². The topological polar surface area (TPSA) is 108 Å². The van der Waals surface area contributed by atoms with E-state index in [4.69, 9.17) is 15.9 Å². The number of anilines is 1. The highest BCUT2D eigenvalue weighted by Gasteiger charge is 2.37. The third kappa shape index (κ3) is 5.16. The molecule has 0 spiro atoms. The molecule has 0 saturated carbocycles. The molecule has 0 aliphatic carbocycles. The first kappa shape index (κ1) is 23.2. The molecule has 33 heavy (non-hydrogen) atoms. The van der Waals surface area contributed by atoms with Crippen LogP contribution < -0.4 is 15.4 Å². The first-order valence-corrected chi connectivity index (χ1v) is 12.0. The SMILES string of the molecule is C[C@@H]1CCC[C@H](C)N1CCCCCN1C(=O)C(c2nccc(C(=N)N)n2)Oc2ccccc21. The Kier molecular flexibility index (Phi) is 7.23. The Bertz CT molecular complexity index is 986. The van der Waals surface area contributed by atoms with Gasteiger partial charge in [0, 0.05) is 24.8 Å². The van der Waals surface area contributed by atoms with Crippen LogP contribution in [-0.2, 0) is 4.79 Å². The molecule has 3 N–H and O–H groups in total. The van der Waals surface area contributed by atoms with Gasteiger partial charge in [0.25, 0.3) is 5.91 Å². The summed E-state index contributed by atoms with van der Waals surface area (Å²) in [7, 11) is 0. The van der Waals surface area contributed by atoms with Gasteiger partial charge in [-0.15, -0.1) is 0 Å². The summed E-state index contributed by atoms with van der Waals surface area (Å²) in [6.07, 6.45) is 7.56. The van der Waals surface area contributed by atoms with E-state index in [1.165, 1.54) is 25.5 Å². The Morgan fingerprint density at radius 1 is 1.12 bits per heavy atom. The van der Waals surface area contributed by atoms with Crippen molar-refractivity contribution in [1.29, 1.82) is 5.41 Å². The van der Waals surface area contributed by atoms with Gasteiger partial charge in [0.15, 0.2) is 5.82 Å². The molecule has 3 atom stereocenters. The van der Waals surface area contributed by atoms with Crippen molar-refractivity contribution < 1.29 is 9.53 Å². The molecule has 8 heteroatoms. The second-order valence-corrected chi connectivity index (χ2v) is 9.10. The van der Waals surface area contributed by atoms with Gasteiger partial charge in [0.1, 0.15) is 17.3 Å². The Hall–Kier alpha value is -3.00. The molecule has 1 fully saturated rings. The van der Waals surface area contributed by atoms with Crippen molar-refractivity contribution in [2.75, 3.05) is 18.0 Å². The van der Waals surface area contributed by atoms with Gasteiger partial charge in [0.2, 0.25) is 6.10 Å². The first-order valence-electron chi connectivity index (χ1n) is 12.0. The van der Waals surface area contributed by atoms with E-state index >= 15 is 0 Å². The zero-order valence-electron chi connectivity index (χ0n) is 19.5. The zero-order valence-corrected chi connectivity index (χ0v) is 19.5. The average Bonchev–Trinajstić information content (AvgIpc) is 2.81. The molecule has 2 aliphatic rings. The van der Waals surface area contributed by atoms with Crippen LogP contribution in [0.1, 0.15) is 70.0 Å². The summed E-state index contributed by atoms with van der Waals surface area (Å²) < 4.78 is 5.99. The fraction of sp³-hybridized carbons (Fsp3) is 0.520. The van der Waals surface area contributed by atoms with Crippen LogP contribution in [0.2, 0.25) is 0 Å². The number of piperidine rings is 1. The third-order valence-corrected chi connectivity index (χ3v) is 6.75. The second kappa shape index (κ2) is 10.3. The molecule has 176 valence electrons. The van der Waals surface area contributed by atoms with Crippen LogP contribution in [0.25, 0.3) is 0 Å². The lowest BCUT2D eigenvalue weighted by Crippen LogP contribution is -2.44. The molecule has 2 aromatic rings. The number of hydrogen-bond donors (Lipinski definition) is 2. The number of nitrogens with zero attached hydrogens (tertiary/aromatic N) is 4. The van der Waals surface area contributed by atoms with Gasteiger partial charge in [-0.3, -0.25) is 15.1 Å². The highest BCUT2D eigenvalue weighted by Crippen LogP contribution is 2.38. The Morgan fingerprint density at radius 2 is 1.85 bits per heavy atom. The number of fused-ring (bicyclic) bond motifs is 1. The largest absolute Gasteiger partial charge is 0.470 e. The molecule has 1 aromatic heterocycles. The molecule has 1 amide bonds. The molecular formula is C25H34N6O2. The number of amides is 1. The average molecular weight is 451 g/mol. The lowest BCUT2D eigenvalue weighted by Gasteiger charge is -2.39. The van der Waals surface area contributed by atoms with Crippen LogP contribution in [-0.4, -0.2) is 51.8 Å². The van der Waals surface area contributed by atoms with Crippen molar-refractivity contribution >= 4 is 17.4 Å². The van der Waals surface area contributed by atoms with Gasteiger partial charge in [-0.25, -0.2) is 9.97 Å². The van der Waals surface area contributed by atoms with Crippen LogP contribution in [0, 0.1) is 5.41 Å². The van der Waals surface area contributed by atoms with Crippen molar-refractivity contribution in [3.63, 3.8) is 0 Å². The predicted molar refractivity (Wildman–Crippen MR) is 129 cm³/mol. The fourth-order valence-electron chi connectivity index (χ4n) is 4.92. The number of ether oxygens (including phenoxy) is 1. The smallest absolute Gasteiger partial charge is 0.276 e. The summed E-state index contributed by atoms with van der Waals surface area (Å²) in [6, 6.07) is 10.4. The number of nitrogens with two attached hydrogens (primary N) is 1. The molecule has 1 saturated heterocycles. The number of aromatic nitrogens is 2. The Morgan fingerprint density at radius 3 is 2.61 bits per heavy atom. The summed E-state index contributed by atoms with van der Waals surface area (Å²) in [5.41, 5.74) is 6.63. The highest BCUT2D eigenvalue weighted by atomic mass is 16.5. The van der Waals surface area contributed by atoms with Gasteiger partial charge >= 0.3 is 0 Å². The summed E-state index contributed by atoms with van der Waals surface area (Å²) in [4.78, 5) is 26.3. The van der Waals surface area contributed by atoms with E-state index in [-0.39, 0.29) is 23.3 Å². The molecule has 2 aliphatic heterocycles.